The molecular formula is C18H15BrN4O3. The average Bonchev–Trinajstić information content (AvgIpc) is 3.05. The van der Waals surface area contributed by atoms with Gasteiger partial charge in [0.15, 0.2) is 0 Å². The summed E-state index contributed by atoms with van der Waals surface area (Å²) in [6.45, 7) is 0. The van der Waals surface area contributed by atoms with E-state index in [0.717, 1.165) is 21.2 Å². The van der Waals surface area contributed by atoms with E-state index in [9.17, 15) is 14.4 Å². The van der Waals surface area contributed by atoms with E-state index in [-0.39, 0.29) is 18.2 Å². The number of hydrogen-bond donors (Lipinski definition) is 3. The zero-order chi connectivity index (χ0) is 18.3. The van der Waals surface area contributed by atoms with Crippen molar-refractivity contribution in [1.29, 1.82) is 0 Å². The lowest BCUT2D eigenvalue weighted by Crippen LogP contribution is -2.47. The number of benzene rings is 1. The molecule has 3 N–H and O–H groups in total. The highest BCUT2D eigenvalue weighted by molar-refractivity contribution is 9.10. The van der Waals surface area contributed by atoms with Crippen LogP contribution in [0.4, 0.5) is 10.5 Å². The van der Waals surface area contributed by atoms with Gasteiger partial charge in [-0.2, -0.15) is 0 Å². The number of carbonyl (C=O) groups excluding carboxylic acids is 3. The molecule has 8 heteroatoms. The molecule has 1 aromatic carbocycles. The van der Waals surface area contributed by atoms with Gasteiger partial charge >= 0.3 is 6.03 Å². The third-order valence-corrected chi connectivity index (χ3v) is 5.05. The van der Waals surface area contributed by atoms with E-state index < -0.39 is 11.6 Å². The number of carbonyl (C=O) groups is 3. The number of pyridine rings is 1. The SMILES string of the molecule is O=C(Cc1cncc(Br)c1)Nc1ccc2c(c1)CC1(C2)NC(=O)NC1=O. The van der Waals surface area contributed by atoms with Crippen LogP contribution < -0.4 is 16.0 Å². The fourth-order valence-corrected chi connectivity index (χ4v) is 3.89. The lowest BCUT2D eigenvalue weighted by atomic mass is 9.96. The number of urea groups is 1. The van der Waals surface area contributed by atoms with Gasteiger partial charge in [-0.05, 0) is 50.8 Å². The Labute approximate surface area is 157 Å². The number of fused-ring (bicyclic) bond motifs is 1. The fourth-order valence-electron chi connectivity index (χ4n) is 3.47. The van der Waals surface area contributed by atoms with Crippen molar-refractivity contribution in [3.63, 3.8) is 0 Å². The fraction of sp³-hybridized carbons (Fsp3) is 0.222. The third kappa shape index (κ3) is 3.08. The van der Waals surface area contributed by atoms with Gasteiger partial charge in [0.2, 0.25) is 5.91 Å². The van der Waals surface area contributed by atoms with Crippen LogP contribution in [0.25, 0.3) is 0 Å². The molecule has 132 valence electrons. The number of anilines is 1. The van der Waals surface area contributed by atoms with Crippen molar-refractivity contribution in [3.05, 3.63) is 57.8 Å². The van der Waals surface area contributed by atoms with Gasteiger partial charge < -0.3 is 10.6 Å². The van der Waals surface area contributed by atoms with Crippen molar-refractivity contribution in [3.8, 4) is 0 Å². The topological polar surface area (TPSA) is 100 Å². The zero-order valence-electron chi connectivity index (χ0n) is 13.6. The first kappa shape index (κ1) is 16.7. The summed E-state index contributed by atoms with van der Waals surface area (Å²) < 4.78 is 0.822. The van der Waals surface area contributed by atoms with Crippen molar-refractivity contribution < 1.29 is 14.4 Å². The average molecular weight is 415 g/mol. The highest BCUT2D eigenvalue weighted by Crippen LogP contribution is 2.33. The summed E-state index contributed by atoms with van der Waals surface area (Å²) in [4.78, 5) is 39.9. The summed E-state index contributed by atoms with van der Waals surface area (Å²) in [6.07, 6.45) is 4.40. The normalized spacial score (nSPS) is 20.7. The second-order valence-electron chi connectivity index (χ2n) is 6.56. The molecule has 26 heavy (non-hydrogen) atoms. The molecule has 1 spiro atoms. The second-order valence-corrected chi connectivity index (χ2v) is 7.48. The highest BCUT2D eigenvalue weighted by Gasteiger charge is 2.49. The van der Waals surface area contributed by atoms with Crippen molar-refractivity contribution in [2.75, 3.05) is 5.32 Å². The second kappa shape index (κ2) is 6.21. The molecule has 2 heterocycles. The predicted octanol–water partition coefficient (Wildman–Crippen LogP) is 1.70. The van der Waals surface area contributed by atoms with Crippen LogP contribution >= 0.6 is 15.9 Å². The Morgan fingerprint density at radius 1 is 1.19 bits per heavy atom. The largest absolute Gasteiger partial charge is 0.326 e. The Morgan fingerprint density at radius 3 is 2.73 bits per heavy atom. The van der Waals surface area contributed by atoms with Crippen LogP contribution in [0.15, 0.2) is 41.1 Å². The van der Waals surface area contributed by atoms with Crippen LogP contribution in [0, 0.1) is 0 Å². The minimum atomic E-state index is -0.899. The summed E-state index contributed by atoms with van der Waals surface area (Å²) in [5, 5.41) is 7.89. The van der Waals surface area contributed by atoms with Crippen molar-refractivity contribution in [1.82, 2.24) is 15.6 Å². The number of imide groups is 1. The summed E-state index contributed by atoms with van der Waals surface area (Å²) in [7, 11) is 0. The number of hydrogen-bond acceptors (Lipinski definition) is 4. The Balaban J connectivity index is 1.47. The van der Waals surface area contributed by atoms with Gasteiger partial charge in [-0.15, -0.1) is 0 Å². The molecule has 0 bridgehead atoms. The maximum atomic E-state index is 12.3. The third-order valence-electron chi connectivity index (χ3n) is 4.62. The molecule has 1 saturated heterocycles. The van der Waals surface area contributed by atoms with Crippen LogP contribution in [-0.4, -0.2) is 28.4 Å². The minimum absolute atomic E-state index is 0.149. The van der Waals surface area contributed by atoms with Gasteiger partial charge in [-0.3, -0.25) is 19.9 Å². The smallest absolute Gasteiger partial charge is 0.322 e. The van der Waals surface area contributed by atoms with E-state index in [4.69, 9.17) is 0 Å². The van der Waals surface area contributed by atoms with E-state index in [1.54, 1.807) is 12.4 Å². The van der Waals surface area contributed by atoms with Gasteiger partial charge in [0.1, 0.15) is 5.54 Å². The van der Waals surface area contributed by atoms with E-state index >= 15 is 0 Å². The number of nitrogens with zero attached hydrogens (tertiary/aromatic N) is 1. The zero-order valence-corrected chi connectivity index (χ0v) is 15.2. The van der Waals surface area contributed by atoms with E-state index in [0.29, 0.717) is 18.5 Å². The molecular weight excluding hydrogens is 400 g/mol. The van der Waals surface area contributed by atoms with Gasteiger partial charge in [-0.1, -0.05) is 6.07 Å². The monoisotopic (exact) mass is 414 g/mol. The first-order valence-electron chi connectivity index (χ1n) is 8.08. The summed E-state index contributed by atoms with van der Waals surface area (Å²) in [6, 6.07) is 6.94. The number of halogens is 1. The van der Waals surface area contributed by atoms with Gasteiger partial charge in [-0.25, -0.2) is 4.79 Å². The summed E-state index contributed by atoms with van der Waals surface area (Å²) >= 11 is 3.33. The van der Waals surface area contributed by atoms with Crippen LogP contribution in [0.3, 0.4) is 0 Å². The first-order chi connectivity index (χ1) is 12.4. The summed E-state index contributed by atoms with van der Waals surface area (Å²) in [5.41, 5.74) is 2.52. The molecule has 4 rings (SSSR count). The van der Waals surface area contributed by atoms with Crippen LogP contribution in [0.1, 0.15) is 16.7 Å². The van der Waals surface area contributed by atoms with Crippen LogP contribution in [-0.2, 0) is 28.9 Å². The van der Waals surface area contributed by atoms with Crippen molar-refractivity contribution in [2.24, 2.45) is 0 Å². The maximum absolute atomic E-state index is 12.3. The molecule has 1 aliphatic carbocycles. The van der Waals surface area contributed by atoms with E-state index in [1.807, 2.05) is 24.3 Å². The van der Waals surface area contributed by atoms with Crippen LogP contribution in [0.5, 0.6) is 0 Å². The van der Waals surface area contributed by atoms with E-state index in [2.05, 4.69) is 36.9 Å². The molecule has 1 fully saturated rings. The molecule has 7 nitrogen and oxygen atoms in total. The van der Waals surface area contributed by atoms with Crippen molar-refractivity contribution >= 4 is 39.5 Å². The minimum Gasteiger partial charge on any atom is -0.326 e. The highest BCUT2D eigenvalue weighted by atomic mass is 79.9. The van der Waals surface area contributed by atoms with Gasteiger partial charge in [0.25, 0.3) is 5.91 Å². The maximum Gasteiger partial charge on any atom is 0.322 e. The van der Waals surface area contributed by atoms with Gasteiger partial charge in [0.05, 0.1) is 6.42 Å². The standard InChI is InChI=1S/C18H15BrN4O3/c19-13-3-10(8-20-9-13)4-15(24)21-14-2-1-11-6-18(7-12(11)5-14)16(25)22-17(26)23-18/h1-3,5,8-9H,4,6-7H2,(H,21,24)(H2,22,23,25,26). The number of nitrogens with one attached hydrogen (secondary N) is 3. The lowest BCUT2D eigenvalue weighted by molar-refractivity contribution is -0.123. The molecule has 1 aromatic heterocycles. The van der Waals surface area contributed by atoms with Crippen molar-refractivity contribution in [2.45, 2.75) is 24.8 Å². The molecule has 2 aromatic rings. The molecule has 1 atom stereocenters. The predicted molar refractivity (Wildman–Crippen MR) is 97.5 cm³/mol. The number of amides is 4. The Kier molecular flexibility index (Phi) is 3.99. The molecule has 1 unspecified atom stereocenters. The number of rotatable bonds is 3. The molecule has 1 aliphatic heterocycles. The van der Waals surface area contributed by atoms with Crippen LogP contribution in [0.2, 0.25) is 0 Å². The first-order valence-corrected chi connectivity index (χ1v) is 8.87. The summed E-state index contributed by atoms with van der Waals surface area (Å²) in [5.74, 6) is -0.448. The van der Waals surface area contributed by atoms with Gasteiger partial charge in [0, 0.05) is 35.4 Å². The lowest BCUT2D eigenvalue weighted by Gasteiger charge is -2.18. The molecule has 0 saturated carbocycles. The molecule has 4 amide bonds. The Morgan fingerprint density at radius 2 is 2.00 bits per heavy atom. The quantitative estimate of drug-likeness (QED) is 0.665. The molecule has 0 radical (unpaired) electrons. The molecule has 2 aliphatic rings. The number of aromatic nitrogens is 1. The van der Waals surface area contributed by atoms with E-state index in [1.165, 1.54) is 0 Å². The Bertz CT molecular complexity index is 946. The Hall–Kier alpha value is -2.74.